The van der Waals surface area contributed by atoms with Crippen LogP contribution in [0.15, 0.2) is 18.2 Å². The van der Waals surface area contributed by atoms with Gasteiger partial charge in [-0.05, 0) is 36.7 Å². The molecule has 0 amide bonds. The first-order chi connectivity index (χ1) is 8.18. The summed E-state index contributed by atoms with van der Waals surface area (Å²) in [5.74, 6) is 0.168. The zero-order chi connectivity index (χ0) is 12.0. The highest BCUT2D eigenvalue weighted by atomic mass is 16.4. The molecule has 1 aromatic carbocycles. The number of aromatic nitrogens is 1. The predicted octanol–water partition coefficient (Wildman–Crippen LogP) is 1.52. The quantitative estimate of drug-likeness (QED) is 0.643. The van der Waals surface area contributed by atoms with Crippen LogP contribution >= 0.6 is 0 Å². The van der Waals surface area contributed by atoms with Crippen LogP contribution in [0, 0.1) is 0 Å². The van der Waals surface area contributed by atoms with E-state index in [1.165, 1.54) is 10.6 Å². The second-order valence-electron chi connectivity index (χ2n) is 4.17. The van der Waals surface area contributed by atoms with Gasteiger partial charge in [0.05, 0.1) is 5.52 Å². The van der Waals surface area contributed by atoms with Gasteiger partial charge in [0, 0.05) is 17.6 Å². The van der Waals surface area contributed by atoms with Gasteiger partial charge in [0.2, 0.25) is 0 Å². The number of nitrogens with one attached hydrogen (secondary N) is 1. The molecule has 1 aromatic heterocycles. The largest absolute Gasteiger partial charge is 0.508 e. The molecule has 0 aliphatic carbocycles. The third-order valence-electron chi connectivity index (χ3n) is 3.20. The van der Waals surface area contributed by atoms with E-state index >= 15 is 0 Å². The number of rotatable bonds is 0. The van der Waals surface area contributed by atoms with Crippen LogP contribution in [0.5, 0.6) is 5.75 Å². The first-order valence-corrected chi connectivity index (χ1v) is 5.47. The summed E-state index contributed by atoms with van der Waals surface area (Å²) in [5, 5.41) is 22.8. The summed E-state index contributed by atoms with van der Waals surface area (Å²) in [6.07, 6.45) is -0.194. The van der Waals surface area contributed by atoms with E-state index in [0.717, 1.165) is 29.6 Å². The molecule has 3 N–H and O–H groups in total. The van der Waals surface area contributed by atoms with E-state index in [4.69, 9.17) is 0 Å². The molecule has 2 heterocycles. The molecular weight excluding hydrogens is 220 g/mol. The molecule has 0 radical (unpaired) electrons. The lowest BCUT2D eigenvalue weighted by atomic mass is 10.0. The molecule has 3 rings (SSSR count). The highest BCUT2D eigenvalue weighted by Gasteiger charge is 2.22. The minimum Gasteiger partial charge on any atom is -0.508 e. The third-order valence-corrected chi connectivity index (χ3v) is 3.20. The summed E-state index contributed by atoms with van der Waals surface area (Å²) < 4.78 is 1.30. The highest BCUT2D eigenvalue weighted by molar-refractivity contribution is 5.94. The van der Waals surface area contributed by atoms with Gasteiger partial charge < -0.3 is 15.5 Å². The fourth-order valence-corrected chi connectivity index (χ4v) is 2.50. The van der Waals surface area contributed by atoms with Crippen molar-refractivity contribution >= 4 is 17.0 Å². The molecule has 0 saturated heterocycles. The van der Waals surface area contributed by atoms with Crippen molar-refractivity contribution in [3.05, 3.63) is 29.5 Å². The number of fused-ring (bicyclic) bond motifs is 3. The third kappa shape index (κ3) is 1.39. The fraction of sp³-hybridized carbons (Fsp3) is 0.250. The van der Waals surface area contributed by atoms with Gasteiger partial charge in [0.15, 0.2) is 0 Å². The number of carboxylic acid groups (broad SMARTS) is 1. The lowest BCUT2D eigenvalue weighted by Crippen LogP contribution is -2.26. The molecule has 0 atom stereocenters. The Balaban J connectivity index is 2.41. The molecule has 0 saturated carbocycles. The van der Waals surface area contributed by atoms with Crippen LogP contribution in [0.2, 0.25) is 0 Å². The van der Waals surface area contributed by atoms with E-state index in [0.29, 0.717) is 12.1 Å². The SMILES string of the molecule is O=C(O)n1c2c(c3cc(O)ccc31)CCNC2. The van der Waals surface area contributed by atoms with Crippen molar-refractivity contribution in [1.29, 1.82) is 0 Å². The summed E-state index contributed by atoms with van der Waals surface area (Å²) in [4.78, 5) is 11.3. The monoisotopic (exact) mass is 232 g/mol. The molecule has 1 aliphatic rings. The Morgan fingerprint density at radius 1 is 1.41 bits per heavy atom. The van der Waals surface area contributed by atoms with Gasteiger partial charge in [0.25, 0.3) is 0 Å². The zero-order valence-electron chi connectivity index (χ0n) is 9.10. The smallest absolute Gasteiger partial charge is 0.416 e. The lowest BCUT2D eigenvalue weighted by molar-refractivity contribution is 0.196. The summed E-state index contributed by atoms with van der Waals surface area (Å²) in [6.45, 7) is 1.39. The molecule has 17 heavy (non-hydrogen) atoms. The number of phenolic OH excluding ortho intramolecular Hbond substituents is 1. The van der Waals surface area contributed by atoms with Gasteiger partial charge in [0.1, 0.15) is 5.75 Å². The van der Waals surface area contributed by atoms with E-state index in [1.807, 2.05) is 0 Å². The Kier molecular flexibility index (Phi) is 2.09. The van der Waals surface area contributed by atoms with Crippen molar-refractivity contribution in [3.63, 3.8) is 0 Å². The number of phenols is 1. The van der Waals surface area contributed by atoms with Gasteiger partial charge in [-0.3, -0.25) is 0 Å². The number of nitrogens with zero attached hydrogens (tertiary/aromatic N) is 1. The van der Waals surface area contributed by atoms with Crippen molar-refractivity contribution in [2.75, 3.05) is 6.54 Å². The first kappa shape index (κ1) is 10.2. The maximum Gasteiger partial charge on any atom is 0.416 e. The van der Waals surface area contributed by atoms with Crippen LogP contribution in [-0.4, -0.2) is 27.4 Å². The number of hydrogen-bond acceptors (Lipinski definition) is 3. The Morgan fingerprint density at radius 3 is 3.00 bits per heavy atom. The van der Waals surface area contributed by atoms with E-state index in [2.05, 4.69) is 5.32 Å². The summed E-state index contributed by atoms with van der Waals surface area (Å²) in [5.41, 5.74) is 2.45. The van der Waals surface area contributed by atoms with Gasteiger partial charge in [-0.2, -0.15) is 0 Å². The summed E-state index contributed by atoms with van der Waals surface area (Å²) in [7, 11) is 0. The standard InChI is InChI=1S/C12H12N2O3/c15-7-1-2-10-9(5-7)8-3-4-13-6-11(8)14(10)12(16)17/h1-2,5,13,15H,3-4,6H2,(H,16,17). The van der Waals surface area contributed by atoms with Gasteiger partial charge in [-0.1, -0.05) is 0 Å². The molecule has 0 unspecified atom stereocenters. The lowest BCUT2D eigenvalue weighted by Gasteiger charge is -2.14. The summed E-state index contributed by atoms with van der Waals surface area (Å²) >= 11 is 0. The molecule has 0 bridgehead atoms. The molecule has 0 spiro atoms. The van der Waals surface area contributed by atoms with Crippen molar-refractivity contribution in [2.45, 2.75) is 13.0 Å². The second kappa shape index (κ2) is 3.49. The summed E-state index contributed by atoms with van der Waals surface area (Å²) in [6, 6.07) is 4.80. The van der Waals surface area contributed by atoms with Crippen molar-refractivity contribution in [2.24, 2.45) is 0 Å². The van der Waals surface area contributed by atoms with Crippen LogP contribution in [0.25, 0.3) is 10.9 Å². The predicted molar refractivity (Wildman–Crippen MR) is 62.4 cm³/mol. The van der Waals surface area contributed by atoms with E-state index in [9.17, 15) is 15.0 Å². The Bertz CT molecular complexity index is 616. The highest BCUT2D eigenvalue weighted by Crippen LogP contribution is 2.30. The Labute approximate surface area is 97.3 Å². The molecule has 88 valence electrons. The van der Waals surface area contributed by atoms with Crippen LogP contribution in [0.3, 0.4) is 0 Å². The van der Waals surface area contributed by atoms with E-state index in [1.54, 1.807) is 12.1 Å². The Hall–Kier alpha value is -2.01. The minimum atomic E-state index is -0.981. The van der Waals surface area contributed by atoms with Crippen LogP contribution in [0.4, 0.5) is 4.79 Å². The zero-order valence-corrected chi connectivity index (χ0v) is 9.10. The second-order valence-corrected chi connectivity index (χ2v) is 4.17. The van der Waals surface area contributed by atoms with Gasteiger partial charge >= 0.3 is 6.09 Å². The molecule has 5 heteroatoms. The molecule has 1 aliphatic heterocycles. The number of carbonyl (C=O) groups is 1. The molecular formula is C12H12N2O3. The van der Waals surface area contributed by atoms with Gasteiger partial charge in [-0.15, -0.1) is 0 Å². The van der Waals surface area contributed by atoms with E-state index < -0.39 is 6.09 Å². The average Bonchev–Trinajstić information content (AvgIpc) is 2.63. The maximum atomic E-state index is 11.3. The maximum absolute atomic E-state index is 11.3. The molecule has 5 nitrogen and oxygen atoms in total. The van der Waals surface area contributed by atoms with Crippen LogP contribution in [0.1, 0.15) is 11.3 Å². The van der Waals surface area contributed by atoms with Gasteiger partial charge in [-0.25, -0.2) is 9.36 Å². The molecule has 2 aromatic rings. The topological polar surface area (TPSA) is 74.5 Å². The molecule has 0 fully saturated rings. The number of aromatic hydroxyl groups is 1. The van der Waals surface area contributed by atoms with Crippen LogP contribution in [-0.2, 0) is 13.0 Å². The number of benzene rings is 1. The average molecular weight is 232 g/mol. The van der Waals surface area contributed by atoms with Crippen molar-refractivity contribution in [1.82, 2.24) is 9.88 Å². The van der Waals surface area contributed by atoms with Crippen molar-refractivity contribution < 1.29 is 15.0 Å². The van der Waals surface area contributed by atoms with Crippen molar-refractivity contribution in [3.8, 4) is 5.75 Å². The normalized spacial score (nSPS) is 14.8. The Morgan fingerprint density at radius 2 is 2.24 bits per heavy atom. The van der Waals surface area contributed by atoms with E-state index in [-0.39, 0.29) is 5.75 Å². The number of hydrogen-bond donors (Lipinski definition) is 3. The first-order valence-electron chi connectivity index (χ1n) is 5.47. The van der Waals surface area contributed by atoms with Crippen LogP contribution < -0.4 is 5.32 Å². The minimum absolute atomic E-state index is 0.168. The fourth-order valence-electron chi connectivity index (χ4n) is 2.50.